The Kier molecular flexibility index (Phi) is 5.61. The summed E-state index contributed by atoms with van der Waals surface area (Å²) >= 11 is 6.00. The predicted molar refractivity (Wildman–Crippen MR) is 80.7 cm³/mol. The van der Waals surface area contributed by atoms with Crippen molar-refractivity contribution >= 4 is 23.5 Å². The van der Waals surface area contributed by atoms with Gasteiger partial charge in [-0.05, 0) is 45.4 Å². The van der Waals surface area contributed by atoms with E-state index in [4.69, 9.17) is 21.4 Å². The fraction of sp³-hybridized carbons (Fsp3) is 0.467. The van der Waals surface area contributed by atoms with E-state index in [1.165, 1.54) is 0 Å². The molecule has 0 aliphatic carbocycles. The Balaban J connectivity index is 2.63. The van der Waals surface area contributed by atoms with Gasteiger partial charge in [0.15, 0.2) is 6.10 Å². The van der Waals surface area contributed by atoms with Crippen molar-refractivity contribution < 1.29 is 19.4 Å². The van der Waals surface area contributed by atoms with Crippen LogP contribution >= 0.6 is 11.6 Å². The van der Waals surface area contributed by atoms with Gasteiger partial charge in [-0.15, -0.1) is 0 Å². The number of carboxylic acids is 1. The van der Waals surface area contributed by atoms with Crippen molar-refractivity contribution in [2.45, 2.75) is 33.8 Å². The number of benzene rings is 1. The number of amides is 1. The number of carbonyl (C=O) groups is 2. The van der Waals surface area contributed by atoms with Gasteiger partial charge >= 0.3 is 5.97 Å². The number of halogens is 1. The van der Waals surface area contributed by atoms with Crippen LogP contribution < -0.4 is 10.1 Å². The summed E-state index contributed by atoms with van der Waals surface area (Å²) in [6.07, 6.45) is -0.770. The van der Waals surface area contributed by atoms with E-state index in [1.54, 1.807) is 32.9 Å². The van der Waals surface area contributed by atoms with Crippen LogP contribution in [0.4, 0.5) is 0 Å². The molecule has 0 fully saturated rings. The second-order valence-corrected chi connectivity index (χ2v) is 6.01. The number of ether oxygens (including phenoxy) is 1. The van der Waals surface area contributed by atoms with E-state index in [0.717, 1.165) is 5.56 Å². The quantitative estimate of drug-likeness (QED) is 0.846. The first-order chi connectivity index (χ1) is 9.63. The Morgan fingerprint density at radius 2 is 2.05 bits per heavy atom. The predicted octanol–water partition coefficient (Wildman–Crippen LogP) is 2.64. The van der Waals surface area contributed by atoms with Crippen LogP contribution in [0.15, 0.2) is 18.2 Å². The molecule has 0 spiro atoms. The van der Waals surface area contributed by atoms with Crippen LogP contribution in [0.25, 0.3) is 0 Å². The first-order valence-corrected chi connectivity index (χ1v) is 6.95. The SMILES string of the molecule is Cc1ccc(Cl)c(OC(C)C(=O)NCC(C)(C)C(=O)O)c1. The van der Waals surface area contributed by atoms with Gasteiger partial charge in [0.1, 0.15) is 5.75 Å². The van der Waals surface area contributed by atoms with E-state index < -0.39 is 17.5 Å². The van der Waals surface area contributed by atoms with Gasteiger partial charge in [-0.2, -0.15) is 0 Å². The molecule has 0 saturated heterocycles. The third-order valence-corrected chi connectivity index (χ3v) is 3.36. The molecular weight excluding hydrogens is 294 g/mol. The van der Waals surface area contributed by atoms with Gasteiger partial charge in [0.25, 0.3) is 5.91 Å². The summed E-state index contributed by atoms with van der Waals surface area (Å²) in [5.41, 5.74) is -0.0647. The molecule has 0 radical (unpaired) electrons. The van der Waals surface area contributed by atoms with Crippen LogP contribution in [0.1, 0.15) is 26.3 Å². The molecule has 1 rings (SSSR count). The molecule has 2 N–H and O–H groups in total. The van der Waals surface area contributed by atoms with E-state index in [0.29, 0.717) is 10.8 Å². The van der Waals surface area contributed by atoms with Gasteiger partial charge in [-0.25, -0.2) is 0 Å². The summed E-state index contributed by atoms with van der Waals surface area (Å²) in [4.78, 5) is 22.9. The van der Waals surface area contributed by atoms with Crippen molar-refractivity contribution in [1.82, 2.24) is 5.32 Å². The van der Waals surface area contributed by atoms with Gasteiger partial charge in [0.05, 0.1) is 10.4 Å². The number of nitrogens with one attached hydrogen (secondary N) is 1. The molecule has 0 aromatic heterocycles. The van der Waals surface area contributed by atoms with Gasteiger partial charge in [0, 0.05) is 6.54 Å². The molecule has 1 amide bonds. The monoisotopic (exact) mass is 313 g/mol. The van der Waals surface area contributed by atoms with E-state index >= 15 is 0 Å². The highest BCUT2D eigenvalue weighted by Crippen LogP contribution is 2.26. The molecule has 21 heavy (non-hydrogen) atoms. The molecule has 0 saturated carbocycles. The Hall–Kier alpha value is -1.75. The summed E-state index contributed by atoms with van der Waals surface area (Å²) in [7, 11) is 0. The topological polar surface area (TPSA) is 75.6 Å². The number of rotatable bonds is 6. The largest absolute Gasteiger partial charge is 0.481 e. The van der Waals surface area contributed by atoms with E-state index in [2.05, 4.69) is 5.32 Å². The van der Waals surface area contributed by atoms with Crippen molar-refractivity contribution in [3.8, 4) is 5.75 Å². The van der Waals surface area contributed by atoms with Crippen LogP contribution in [-0.4, -0.2) is 29.6 Å². The number of hydrogen-bond acceptors (Lipinski definition) is 3. The third kappa shape index (κ3) is 4.93. The second-order valence-electron chi connectivity index (χ2n) is 5.60. The molecular formula is C15H20ClNO4. The van der Waals surface area contributed by atoms with Crippen molar-refractivity contribution in [3.05, 3.63) is 28.8 Å². The number of aryl methyl sites for hydroxylation is 1. The fourth-order valence-electron chi connectivity index (χ4n) is 1.47. The van der Waals surface area contributed by atoms with Crippen LogP contribution in [0.3, 0.4) is 0 Å². The van der Waals surface area contributed by atoms with E-state index in [1.807, 2.05) is 13.0 Å². The maximum Gasteiger partial charge on any atom is 0.310 e. The van der Waals surface area contributed by atoms with Gasteiger partial charge < -0.3 is 15.2 Å². The Morgan fingerprint density at radius 1 is 1.43 bits per heavy atom. The molecule has 1 aromatic rings. The zero-order valence-electron chi connectivity index (χ0n) is 12.6. The summed E-state index contributed by atoms with van der Waals surface area (Å²) in [5, 5.41) is 12.0. The minimum atomic E-state index is -1.03. The van der Waals surface area contributed by atoms with E-state index in [-0.39, 0.29) is 12.5 Å². The maximum absolute atomic E-state index is 11.9. The van der Waals surface area contributed by atoms with Gasteiger partial charge in [-0.1, -0.05) is 17.7 Å². The van der Waals surface area contributed by atoms with Gasteiger partial charge in [0.2, 0.25) is 0 Å². The molecule has 0 heterocycles. The zero-order valence-corrected chi connectivity index (χ0v) is 13.3. The molecule has 116 valence electrons. The van der Waals surface area contributed by atoms with Crippen molar-refractivity contribution in [2.24, 2.45) is 5.41 Å². The average Bonchev–Trinajstić information content (AvgIpc) is 2.40. The van der Waals surface area contributed by atoms with Crippen molar-refractivity contribution in [2.75, 3.05) is 6.54 Å². The molecule has 1 unspecified atom stereocenters. The molecule has 0 bridgehead atoms. The lowest BCUT2D eigenvalue weighted by molar-refractivity contribution is -0.147. The number of aliphatic carboxylic acids is 1. The van der Waals surface area contributed by atoms with Crippen LogP contribution in [-0.2, 0) is 9.59 Å². The maximum atomic E-state index is 11.9. The van der Waals surface area contributed by atoms with E-state index in [9.17, 15) is 9.59 Å². The first-order valence-electron chi connectivity index (χ1n) is 6.57. The van der Waals surface area contributed by atoms with Crippen molar-refractivity contribution in [3.63, 3.8) is 0 Å². The fourth-order valence-corrected chi connectivity index (χ4v) is 1.63. The molecule has 0 aliphatic heterocycles. The zero-order chi connectivity index (χ0) is 16.2. The Morgan fingerprint density at radius 3 is 2.62 bits per heavy atom. The normalized spacial score (nSPS) is 12.6. The summed E-state index contributed by atoms with van der Waals surface area (Å²) in [5.74, 6) is -0.934. The average molecular weight is 314 g/mol. The highest BCUT2D eigenvalue weighted by atomic mass is 35.5. The third-order valence-electron chi connectivity index (χ3n) is 3.04. The Bertz CT molecular complexity index is 542. The number of carbonyl (C=O) groups excluding carboxylic acids is 1. The van der Waals surface area contributed by atoms with Crippen LogP contribution in [0.5, 0.6) is 5.75 Å². The first kappa shape index (κ1) is 17.3. The van der Waals surface area contributed by atoms with Crippen molar-refractivity contribution in [1.29, 1.82) is 0 Å². The lowest BCUT2D eigenvalue weighted by atomic mass is 9.94. The number of hydrogen-bond donors (Lipinski definition) is 2. The molecule has 0 aliphatic rings. The summed E-state index contributed by atoms with van der Waals surface area (Å²) in [6, 6.07) is 5.28. The minimum Gasteiger partial charge on any atom is -0.481 e. The van der Waals surface area contributed by atoms with Gasteiger partial charge in [-0.3, -0.25) is 9.59 Å². The molecule has 1 aromatic carbocycles. The van der Waals surface area contributed by atoms with Crippen LogP contribution in [0.2, 0.25) is 5.02 Å². The number of carboxylic acid groups (broad SMARTS) is 1. The van der Waals surface area contributed by atoms with Crippen LogP contribution in [0, 0.1) is 12.3 Å². The summed E-state index contributed by atoms with van der Waals surface area (Å²) in [6.45, 7) is 6.58. The molecule has 5 nitrogen and oxygen atoms in total. The molecule has 6 heteroatoms. The smallest absolute Gasteiger partial charge is 0.310 e. The standard InChI is InChI=1S/C15H20ClNO4/c1-9-5-6-11(16)12(7-9)21-10(2)13(18)17-8-15(3,4)14(19)20/h5-7,10H,8H2,1-4H3,(H,17,18)(H,19,20). The lowest BCUT2D eigenvalue weighted by Gasteiger charge is -2.21. The summed E-state index contributed by atoms with van der Waals surface area (Å²) < 4.78 is 5.52. The Labute approximate surface area is 129 Å². The second kappa shape index (κ2) is 6.80. The highest BCUT2D eigenvalue weighted by Gasteiger charge is 2.28. The lowest BCUT2D eigenvalue weighted by Crippen LogP contribution is -2.43. The molecule has 1 atom stereocenters. The highest BCUT2D eigenvalue weighted by molar-refractivity contribution is 6.32. The minimum absolute atomic E-state index is 0.0242.